The molecule has 4 nitrogen and oxygen atoms in total. The summed E-state index contributed by atoms with van der Waals surface area (Å²) in [6.45, 7) is 1.32. The molecular formula is C14H17ClO4. The van der Waals surface area contributed by atoms with Crippen molar-refractivity contribution < 1.29 is 19.4 Å². The van der Waals surface area contributed by atoms with Crippen molar-refractivity contribution in [1.82, 2.24) is 0 Å². The van der Waals surface area contributed by atoms with Crippen LogP contribution in [0.2, 0.25) is 5.02 Å². The van der Waals surface area contributed by atoms with E-state index >= 15 is 0 Å². The number of aromatic carboxylic acids is 1. The van der Waals surface area contributed by atoms with Gasteiger partial charge in [-0.05, 0) is 43.9 Å². The summed E-state index contributed by atoms with van der Waals surface area (Å²) in [5.74, 6) is -0.682. The molecule has 1 aliphatic rings. The van der Waals surface area contributed by atoms with Crippen LogP contribution in [0, 0.1) is 0 Å². The fraction of sp³-hybridized carbons (Fsp3) is 0.500. The molecule has 0 amide bonds. The average molecular weight is 285 g/mol. The highest BCUT2D eigenvalue weighted by Crippen LogP contribution is 2.24. The summed E-state index contributed by atoms with van der Waals surface area (Å²) >= 11 is 5.84. The zero-order valence-corrected chi connectivity index (χ0v) is 11.4. The molecule has 2 rings (SSSR count). The monoisotopic (exact) mass is 284 g/mol. The van der Waals surface area contributed by atoms with E-state index in [0.717, 1.165) is 32.3 Å². The molecule has 1 aromatic rings. The van der Waals surface area contributed by atoms with Gasteiger partial charge in [-0.2, -0.15) is 0 Å². The van der Waals surface area contributed by atoms with Crippen LogP contribution in [0.25, 0.3) is 0 Å². The van der Waals surface area contributed by atoms with Gasteiger partial charge in [-0.3, -0.25) is 0 Å². The smallest absolute Gasteiger partial charge is 0.339 e. The van der Waals surface area contributed by atoms with E-state index in [2.05, 4.69) is 0 Å². The van der Waals surface area contributed by atoms with E-state index in [1.54, 1.807) is 6.07 Å². The molecule has 19 heavy (non-hydrogen) atoms. The van der Waals surface area contributed by atoms with Crippen LogP contribution in [0.3, 0.4) is 0 Å². The van der Waals surface area contributed by atoms with Crippen molar-refractivity contribution >= 4 is 17.6 Å². The Morgan fingerprint density at radius 3 is 3.05 bits per heavy atom. The molecular weight excluding hydrogens is 268 g/mol. The first-order valence-electron chi connectivity index (χ1n) is 6.44. The number of rotatable bonds is 6. The summed E-state index contributed by atoms with van der Waals surface area (Å²) in [5, 5.41) is 9.51. The highest BCUT2D eigenvalue weighted by Gasteiger charge is 2.15. The van der Waals surface area contributed by atoms with Crippen molar-refractivity contribution in [3.63, 3.8) is 0 Å². The van der Waals surface area contributed by atoms with Gasteiger partial charge in [0, 0.05) is 11.6 Å². The third kappa shape index (κ3) is 4.11. The maximum Gasteiger partial charge on any atom is 0.339 e. The summed E-state index contributed by atoms with van der Waals surface area (Å²) < 4.78 is 11.0. The van der Waals surface area contributed by atoms with Gasteiger partial charge in [0.1, 0.15) is 11.3 Å². The minimum Gasteiger partial charge on any atom is -0.493 e. The molecule has 1 aliphatic heterocycles. The Morgan fingerprint density at radius 1 is 1.53 bits per heavy atom. The van der Waals surface area contributed by atoms with Gasteiger partial charge in [0.2, 0.25) is 0 Å². The van der Waals surface area contributed by atoms with E-state index in [-0.39, 0.29) is 5.56 Å². The topological polar surface area (TPSA) is 55.8 Å². The highest BCUT2D eigenvalue weighted by molar-refractivity contribution is 6.30. The van der Waals surface area contributed by atoms with Gasteiger partial charge in [-0.1, -0.05) is 11.6 Å². The number of halogens is 1. The molecule has 1 aromatic carbocycles. The predicted molar refractivity (Wildman–Crippen MR) is 72.1 cm³/mol. The number of carbonyl (C=O) groups is 1. The molecule has 5 heteroatoms. The van der Waals surface area contributed by atoms with Gasteiger partial charge >= 0.3 is 5.97 Å². The molecule has 0 radical (unpaired) electrons. The molecule has 1 fully saturated rings. The number of carboxylic acids is 1. The lowest BCUT2D eigenvalue weighted by Crippen LogP contribution is -2.09. The number of hydrogen-bond acceptors (Lipinski definition) is 3. The molecule has 1 N–H and O–H groups in total. The fourth-order valence-corrected chi connectivity index (χ4v) is 2.32. The normalized spacial score (nSPS) is 18.5. The minimum absolute atomic E-state index is 0.140. The van der Waals surface area contributed by atoms with Crippen molar-refractivity contribution in [2.24, 2.45) is 0 Å². The van der Waals surface area contributed by atoms with Crippen LogP contribution in [-0.2, 0) is 4.74 Å². The standard InChI is InChI=1S/C14H17ClO4/c15-10-5-6-12(14(16)17)13(9-10)19-8-2-4-11-3-1-7-18-11/h5-6,9,11H,1-4,7-8H2,(H,16,17). The van der Waals surface area contributed by atoms with Crippen LogP contribution in [0.4, 0.5) is 0 Å². The van der Waals surface area contributed by atoms with E-state index < -0.39 is 5.97 Å². The van der Waals surface area contributed by atoms with E-state index in [9.17, 15) is 4.79 Å². The second-order valence-electron chi connectivity index (χ2n) is 4.57. The molecule has 1 unspecified atom stereocenters. The summed E-state index contributed by atoms with van der Waals surface area (Å²) in [5.41, 5.74) is 0.140. The number of hydrogen-bond donors (Lipinski definition) is 1. The molecule has 1 heterocycles. The Balaban J connectivity index is 1.84. The SMILES string of the molecule is O=C(O)c1ccc(Cl)cc1OCCCC1CCCO1. The number of ether oxygens (including phenoxy) is 2. The van der Waals surface area contributed by atoms with Gasteiger partial charge in [0.05, 0.1) is 12.7 Å². The first-order chi connectivity index (χ1) is 9.16. The second kappa shape index (κ2) is 6.78. The van der Waals surface area contributed by atoms with Crippen molar-refractivity contribution in [1.29, 1.82) is 0 Å². The Kier molecular flexibility index (Phi) is 5.05. The van der Waals surface area contributed by atoms with Gasteiger partial charge in [0.15, 0.2) is 0 Å². The highest BCUT2D eigenvalue weighted by atomic mass is 35.5. The number of benzene rings is 1. The van der Waals surface area contributed by atoms with Crippen LogP contribution in [0.15, 0.2) is 18.2 Å². The van der Waals surface area contributed by atoms with Crippen molar-refractivity contribution in [3.8, 4) is 5.75 Å². The number of carboxylic acid groups (broad SMARTS) is 1. The van der Waals surface area contributed by atoms with Crippen LogP contribution in [0.5, 0.6) is 5.75 Å². The van der Waals surface area contributed by atoms with Gasteiger partial charge in [0.25, 0.3) is 0 Å². The van der Waals surface area contributed by atoms with Crippen molar-refractivity contribution in [3.05, 3.63) is 28.8 Å². The van der Waals surface area contributed by atoms with Gasteiger partial charge < -0.3 is 14.6 Å². The zero-order chi connectivity index (χ0) is 13.7. The quantitative estimate of drug-likeness (QED) is 0.814. The lowest BCUT2D eigenvalue weighted by atomic mass is 10.1. The van der Waals surface area contributed by atoms with E-state index in [4.69, 9.17) is 26.2 Å². The second-order valence-corrected chi connectivity index (χ2v) is 5.01. The Hall–Kier alpha value is -1.26. The first-order valence-corrected chi connectivity index (χ1v) is 6.82. The fourth-order valence-electron chi connectivity index (χ4n) is 2.16. The third-order valence-corrected chi connectivity index (χ3v) is 3.36. The Morgan fingerprint density at radius 2 is 2.37 bits per heavy atom. The predicted octanol–water partition coefficient (Wildman–Crippen LogP) is 3.38. The molecule has 0 saturated carbocycles. The zero-order valence-electron chi connectivity index (χ0n) is 10.6. The summed E-state index contributed by atoms with van der Waals surface area (Å²) in [7, 11) is 0. The lowest BCUT2D eigenvalue weighted by molar-refractivity contribution is 0.0690. The molecule has 1 saturated heterocycles. The van der Waals surface area contributed by atoms with E-state index in [1.165, 1.54) is 12.1 Å². The molecule has 0 aliphatic carbocycles. The lowest BCUT2D eigenvalue weighted by Gasteiger charge is -2.11. The van der Waals surface area contributed by atoms with Crippen LogP contribution in [0.1, 0.15) is 36.0 Å². The summed E-state index contributed by atoms with van der Waals surface area (Å²) in [6.07, 6.45) is 4.36. The molecule has 0 bridgehead atoms. The maximum absolute atomic E-state index is 11.0. The van der Waals surface area contributed by atoms with E-state index in [1.807, 2.05) is 0 Å². The van der Waals surface area contributed by atoms with Crippen LogP contribution >= 0.6 is 11.6 Å². The van der Waals surface area contributed by atoms with Crippen molar-refractivity contribution in [2.45, 2.75) is 31.8 Å². The first kappa shape index (κ1) is 14.2. The van der Waals surface area contributed by atoms with E-state index in [0.29, 0.717) is 23.5 Å². The van der Waals surface area contributed by atoms with Crippen LogP contribution < -0.4 is 4.74 Å². The van der Waals surface area contributed by atoms with Gasteiger partial charge in [-0.25, -0.2) is 4.79 Å². The van der Waals surface area contributed by atoms with Gasteiger partial charge in [-0.15, -0.1) is 0 Å². The molecule has 104 valence electrons. The molecule has 0 aromatic heterocycles. The molecule has 1 atom stereocenters. The largest absolute Gasteiger partial charge is 0.493 e. The molecule has 0 spiro atoms. The Labute approximate surface area is 117 Å². The minimum atomic E-state index is -1.01. The van der Waals surface area contributed by atoms with Crippen molar-refractivity contribution in [2.75, 3.05) is 13.2 Å². The summed E-state index contributed by atoms with van der Waals surface area (Å²) in [4.78, 5) is 11.0. The third-order valence-electron chi connectivity index (χ3n) is 3.13. The Bertz CT molecular complexity index is 441. The van der Waals surface area contributed by atoms with Crippen LogP contribution in [-0.4, -0.2) is 30.4 Å². The average Bonchev–Trinajstić information content (AvgIpc) is 2.87. The summed E-state index contributed by atoms with van der Waals surface area (Å²) in [6, 6.07) is 4.54. The maximum atomic E-state index is 11.0.